The van der Waals surface area contributed by atoms with E-state index in [-0.39, 0.29) is 0 Å². The van der Waals surface area contributed by atoms with E-state index in [1.165, 1.54) is 0 Å². The van der Waals surface area contributed by atoms with E-state index >= 15 is 0 Å². The van der Waals surface area contributed by atoms with E-state index in [4.69, 9.17) is 10.5 Å². The summed E-state index contributed by atoms with van der Waals surface area (Å²) >= 11 is 0. The van der Waals surface area contributed by atoms with Crippen LogP contribution in [0.1, 0.15) is 6.42 Å². The number of nitrogens with one attached hydrogen (secondary N) is 1. The molecule has 0 fully saturated rings. The van der Waals surface area contributed by atoms with Crippen molar-refractivity contribution in [3.63, 3.8) is 0 Å². The fourth-order valence-electron chi connectivity index (χ4n) is 1.04. The number of rotatable bonds is 5. The lowest BCUT2D eigenvalue weighted by Gasteiger charge is -2.05. The van der Waals surface area contributed by atoms with E-state index in [1.54, 1.807) is 7.11 Å². The molecular formula is C10H16N2O. The normalized spacial score (nSPS) is 9.69. The summed E-state index contributed by atoms with van der Waals surface area (Å²) in [5.41, 5.74) is 6.48. The molecule has 1 aromatic rings. The van der Waals surface area contributed by atoms with Gasteiger partial charge in [0.25, 0.3) is 0 Å². The van der Waals surface area contributed by atoms with Crippen LogP contribution >= 0.6 is 0 Å². The van der Waals surface area contributed by atoms with Gasteiger partial charge in [0.1, 0.15) is 5.75 Å². The Morgan fingerprint density at radius 1 is 1.31 bits per heavy atom. The molecule has 0 radical (unpaired) electrons. The van der Waals surface area contributed by atoms with Crippen LogP contribution in [0.3, 0.4) is 0 Å². The van der Waals surface area contributed by atoms with Gasteiger partial charge in [-0.1, -0.05) is 0 Å². The molecular weight excluding hydrogens is 164 g/mol. The van der Waals surface area contributed by atoms with Gasteiger partial charge in [0.05, 0.1) is 7.11 Å². The maximum Gasteiger partial charge on any atom is 0.119 e. The van der Waals surface area contributed by atoms with E-state index in [9.17, 15) is 0 Å². The summed E-state index contributed by atoms with van der Waals surface area (Å²) in [6.07, 6.45) is 0.992. The standard InChI is InChI=1S/C10H16N2O/c1-13-10-5-3-9(4-6-10)12-8-2-7-11/h3-6,12H,2,7-8,11H2,1H3. The Kier molecular flexibility index (Phi) is 4.12. The summed E-state index contributed by atoms with van der Waals surface area (Å²) in [4.78, 5) is 0. The van der Waals surface area contributed by atoms with Gasteiger partial charge in [-0.2, -0.15) is 0 Å². The van der Waals surface area contributed by atoms with Gasteiger partial charge in [0, 0.05) is 12.2 Å². The van der Waals surface area contributed by atoms with Crippen molar-refractivity contribution in [2.45, 2.75) is 6.42 Å². The van der Waals surface area contributed by atoms with Crippen molar-refractivity contribution in [2.75, 3.05) is 25.5 Å². The third kappa shape index (κ3) is 3.34. The highest BCUT2D eigenvalue weighted by Gasteiger charge is 1.91. The maximum atomic E-state index is 5.38. The number of hydrogen-bond donors (Lipinski definition) is 2. The second kappa shape index (κ2) is 5.43. The van der Waals surface area contributed by atoms with Gasteiger partial charge in [-0.05, 0) is 37.2 Å². The molecule has 0 heterocycles. The Bertz CT molecular complexity index is 233. The Balaban J connectivity index is 2.40. The molecule has 0 spiro atoms. The van der Waals surface area contributed by atoms with Crippen molar-refractivity contribution in [2.24, 2.45) is 5.73 Å². The quantitative estimate of drug-likeness (QED) is 0.674. The molecule has 1 rings (SSSR count). The number of anilines is 1. The molecule has 0 amide bonds. The molecule has 0 unspecified atom stereocenters. The van der Waals surface area contributed by atoms with E-state index < -0.39 is 0 Å². The average Bonchev–Trinajstić information content (AvgIpc) is 2.19. The SMILES string of the molecule is COc1ccc(NCCCN)cc1. The number of benzene rings is 1. The summed E-state index contributed by atoms with van der Waals surface area (Å²) < 4.78 is 5.05. The minimum atomic E-state index is 0.725. The first kappa shape index (κ1) is 9.86. The van der Waals surface area contributed by atoms with Gasteiger partial charge in [-0.25, -0.2) is 0 Å². The molecule has 0 aromatic heterocycles. The highest BCUT2D eigenvalue weighted by atomic mass is 16.5. The van der Waals surface area contributed by atoms with Gasteiger partial charge >= 0.3 is 0 Å². The van der Waals surface area contributed by atoms with Crippen LogP contribution in [0.5, 0.6) is 5.75 Å². The summed E-state index contributed by atoms with van der Waals surface area (Å²) in [5, 5.41) is 3.26. The van der Waals surface area contributed by atoms with E-state index in [1.807, 2.05) is 24.3 Å². The van der Waals surface area contributed by atoms with E-state index in [0.29, 0.717) is 0 Å². The van der Waals surface area contributed by atoms with Crippen LogP contribution in [0.25, 0.3) is 0 Å². The molecule has 3 heteroatoms. The highest BCUT2D eigenvalue weighted by molar-refractivity contribution is 5.46. The zero-order valence-electron chi connectivity index (χ0n) is 7.92. The molecule has 0 aliphatic carbocycles. The Hall–Kier alpha value is -1.22. The molecule has 0 saturated heterocycles. The van der Waals surface area contributed by atoms with E-state index in [0.717, 1.165) is 30.9 Å². The van der Waals surface area contributed by atoms with Crippen LogP contribution < -0.4 is 15.8 Å². The predicted octanol–water partition coefficient (Wildman–Crippen LogP) is 1.46. The lowest BCUT2D eigenvalue weighted by Crippen LogP contribution is -2.08. The van der Waals surface area contributed by atoms with Crippen LogP contribution in [-0.4, -0.2) is 20.2 Å². The average molecular weight is 180 g/mol. The maximum absolute atomic E-state index is 5.38. The fraction of sp³-hybridized carbons (Fsp3) is 0.400. The van der Waals surface area contributed by atoms with Gasteiger partial charge in [0.15, 0.2) is 0 Å². The first-order chi connectivity index (χ1) is 6.36. The van der Waals surface area contributed by atoms with E-state index in [2.05, 4.69) is 5.32 Å². The summed E-state index contributed by atoms with van der Waals surface area (Å²) in [7, 11) is 1.66. The predicted molar refractivity (Wildman–Crippen MR) is 55.2 cm³/mol. The Labute approximate surface area is 78.9 Å². The van der Waals surface area contributed by atoms with Crippen LogP contribution in [0.2, 0.25) is 0 Å². The topological polar surface area (TPSA) is 47.3 Å². The highest BCUT2D eigenvalue weighted by Crippen LogP contribution is 2.14. The van der Waals surface area contributed by atoms with Crippen LogP contribution in [-0.2, 0) is 0 Å². The molecule has 0 saturated carbocycles. The second-order valence-corrected chi connectivity index (χ2v) is 2.80. The Morgan fingerprint density at radius 2 is 2.00 bits per heavy atom. The molecule has 13 heavy (non-hydrogen) atoms. The smallest absolute Gasteiger partial charge is 0.119 e. The van der Waals surface area contributed by atoms with Gasteiger partial charge in [-0.3, -0.25) is 0 Å². The largest absolute Gasteiger partial charge is 0.497 e. The molecule has 3 nitrogen and oxygen atoms in total. The third-order valence-electron chi connectivity index (χ3n) is 1.80. The lowest BCUT2D eigenvalue weighted by molar-refractivity contribution is 0.415. The van der Waals surface area contributed by atoms with Crippen molar-refractivity contribution in [3.05, 3.63) is 24.3 Å². The van der Waals surface area contributed by atoms with Crippen LogP contribution in [0, 0.1) is 0 Å². The second-order valence-electron chi connectivity index (χ2n) is 2.80. The van der Waals surface area contributed by atoms with Crippen LogP contribution in [0.15, 0.2) is 24.3 Å². The molecule has 0 atom stereocenters. The molecule has 0 aliphatic rings. The van der Waals surface area contributed by atoms with Gasteiger partial charge in [0.2, 0.25) is 0 Å². The monoisotopic (exact) mass is 180 g/mol. The summed E-state index contributed by atoms with van der Waals surface area (Å²) in [6.45, 7) is 1.64. The fourth-order valence-corrected chi connectivity index (χ4v) is 1.04. The van der Waals surface area contributed by atoms with Gasteiger partial charge < -0.3 is 15.8 Å². The number of ether oxygens (including phenoxy) is 1. The Morgan fingerprint density at radius 3 is 2.54 bits per heavy atom. The number of methoxy groups -OCH3 is 1. The summed E-state index contributed by atoms with van der Waals surface area (Å²) in [6, 6.07) is 7.86. The minimum Gasteiger partial charge on any atom is -0.497 e. The third-order valence-corrected chi connectivity index (χ3v) is 1.80. The van der Waals surface area contributed by atoms with Crippen molar-refractivity contribution in [3.8, 4) is 5.75 Å². The molecule has 1 aromatic carbocycles. The van der Waals surface area contributed by atoms with Crippen molar-refractivity contribution < 1.29 is 4.74 Å². The van der Waals surface area contributed by atoms with Crippen molar-refractivity contribution in [1.82, 2.24) is 0 Å². The van der Waals surface area contributed by atoms with Crippen LogP contribution in [0.4, 0.5) is 5.69 Å². The number of nitrogens with two attached hydrogens (primary N) is 1. The van der Waals surface area contributed by atoms with Crippen molar-refractivity contribution >= 4 is 5.69 Å². The lowest BCUT2D eigenvalue weighted by atomic mass is 10.3. The molecule has 72 valence electrons. The molecule has 3 N–H and O–H groups in total. The van der Waals surface area contributed by atoms with Gasteiger partial charge in [-0.15, -0.1) is 0 Å². The molecule has 0 bridgehead atoms. The van der Waals surface area contributed by atoms with Crippen molar-refractivity contribution in [1.29, 1.82) is 0 Å². The first-order valence-corrected chi connectivity index (χ1v) is 4.45. The number of hydrogen-bond acceptors (Lipinski definition) is 3. The first-order valence-electron chi connectivity index (χ1n) is 4.45. The zero-order chi connectivity index (χ0) is 9.52. The molecule has 0 aliphatic heterocycles. The zero-order valence-corrected chi connectivity index (χ0v) is 7.92. The minimum absolute atomic E-state index is 0.725. The summed E-state index contributed by atoms with van der Waals surface area (Å²) in [5.74, 6) is 0.879.